The van der Waals surface area contributed by atoms with Crippen LogP contribution >= 0.6 is 0 Å². The second-order valence-electron chi connectivity index (χ2n) is 1.89. The van der Waals surface area contributed by atoms with E-state index in [-0.39, 0.29) is 6.10 Å². The molecule has 0 aromatic heterocycles. The first kappa shape index (κ1) is 8.88. The van der Waals surface area contributed by atoms with Gasteiger partial charge in [0.05, 0.1) is 6.10 Å². The molecule has 0 aliphatic heterocycles. The van der Waals surface area contributed by atoms with Crippen LogP contribution in [-0.2, 0) is 4.74 Å². The normalized spacial score (nSPS) is 13.7. The van der Waals surface area contributed by atoms with Gasteiger partial charge in [0.2, 0.25) is 0 Å². The van der Waals surface area contributed by atoms with Crippen molar-refractivity contribution in [2.75, 3.05) is 19.7 Å². The predicted molar refractivity (Wildman–Crippen MR) is 38.1 cm³/mol. The fourth-order valence-electron chi connectivity index (χ4n) is 0.691. The van der Waals surface area contributed by atoms with E-state index in [2.05, 4.69) is 0 Å². The van der Waals surface area contributed by atoms with Crippen molar-refractivity contribution in [3.8, 4) is 0 Å². The lowest BCUT2D eigenvalue weighted by Gasteiger charge is -2.12. The number of hydrogen-bond donors (Lipinski definition) is 2. The molecule has 0 unspecified atom stereocenters. The van der Waals surface area contributed by atoms with Crippen LogP contribution in [0.1, 0.15) is 13.3 Å². The highest BCUT2D eigenvalue weighted by atomic mass is 16.5. The molecule has 0 aliphatic carbocycles. The first-order chi connectivity index (χ1) is 4.35. The second kappa shape index (κ2) is 6.01. The zero-order valence-corrected chi connectivity index (χ0v) is 5.97. The number of ether oxygens (including phenoxy) is 1. The Morgan fingerprint density at radius 3 is 2.44 bits per heavy atom. The summed E-state index contributed by atoms with van der Waals surface area (Å²) in [5.41, 5.74) is 10.7. The minimum atomic E-state index is 0.167. The minimum absolute atomic E-state index is 0.167. The van der Waals surface area contributed by atoms with Gasteiger partial charge in [-0.3, -0.25) is 0 Å². The van der Waals surface area contributed by atoms with Crippen molar-refractivity contribution in [3.63, 3.8) is 0 Å². The lowest BCUT2D eigenvalue weighted by Crippen LogP contribution is -2.26. The minimum Gasteiger partial charge on any atom is -0.377 e. The summed E-state index contributed by atoms with van der Waals surface area (Å²) in [6.07, 6.45) is 1.03. The summed E-state index contributed by atoms with van der Waals surface area (Å²) < 4.78 is 5.23. The summed E-state index contributed by atoms with van der Waals surface area (Å²) in [6.45, 7) is 3.91. The number of hydrogen-bond acceptors (Lipinski definition) is 3. The van der Waals surface area contributed by atoms with Crippen LogP contribution in [0.4, 0.5) is 0 Å². The summed E-state index contributed by atoms with van der Waals surface area (Å²) in [5.74, 6) is 0. The van der Waals surface area contributed by atoms with Crippen LogP contribution in [0.5, 0.6) is 0 Å². The van der Waals surface area contributed by atoms with Gasteiger partial charge in [0.1, 0.15) is 0 Å². The lowest BCUT2D eigenvalue weighted by molar-refractivity contribution is 0.0648. The quantitative estimate of drug-likeness (QED) is 0.540. The molecular formula is C6H16N2O. The molecule has 0 heterocycles. The van der Waals surface area contributed by atoms with Gasteiger partial charge in [-0.2, -0.15) is 0 Å². The van der Waals surface area contributed by atoms with Gasteiger partial charge in [-0.25, -0.2) is 0 Å². The fourth-order valence-corrected chi connectivity index (χ4v) is 0.691. The van der Waals surface area contributed by atoms with Crippen LogP contribution in [0.3, 0.4) is 0 Å². The van der Waals surface area contributed by atoms with Crippen molar-refractivity contribution in [3.05, 3.63) is 0 Å². The molecule has 0 bridgehead atoms. The van der Waals surface area contributed by atoms with Crippen molar-refractivity contribution in [1.82, 2.24) is 0 Å². The molecule has 56 valence electrons. The summed E-state index contributed by atoms with van der Waals surface area (Å²) in [4.78, 5) is 0. The Hall–Kier alpha value is -0.120. The molecule has 0 amide bonds. The Morgan fingerprint density at radius 1 is 1.44 bits per heavy atom. The van der Waals surface area contributed by atoms with Gasteiger partial charge in [-0.15, -0.1) is 0 Å². The lowest BCUT2D eigenvalue weighted by atomic mass is 10.2. The highest BCUT2D eigenvalue weighted by Gasteiger charge is 2.02. The van der Waals surface area contributed by atoms with Gasteiger partial charge in [-0.05, 0) is 19.9 Å². The van der Waals surface area contributed by atoms with E-state index in [9.17, 15) is 0 Å². The molecule has 0 aliphatic rings. The topological polar surface area (TPSA) is 61.3 Å². The van der Waals surface area contributed by atoms with Crippen molar-refractivity contribution in [2.24, 2.45) is 11.5 Å². The molecule has 0 fully saturated rings. The van der Waals surface area contributed by atoms with Gasteiger partial charge >= 0.3 is 0 Å². The predicted octanol–water partition coefficient (Wildman–Crippen LogP) is -0.301. The maximum atomic E-state index is 5.36. The molecule has 3 heteroatoms. The highest BCUT2D eigenvalue weighted by Crippen LogP contribution is 1.92. The van der Waals surface area contributed by atoms with E-state index in [0.29, 0.717) is 13.1 Å². The molecule has 0 radical (unpaired) electrons. The maximum Gasteiger partial charge on any atom is 0.0709 e. The zero-order chi connectivity index (χ0) is 7.11. The third kappa shape index (κ3) is 4.39. The van der Waals surface area contributed by atoms with E-state index in [0.717, 1.165) is 13.0 Å². The highest BCUT2D eigenvalue weighted by molar-refractivity contribution is 4.57. The van der Waals surface area contributed by atoms with Crippen LogP contribution in [0.2, 0.25) is 0 Å². The van der Waals surface area contributed by atoms with E-state index in [4.69, 9.17) is 16.2 Å². The van der Waals surface area contributed by atoms with Crippen LogP contribution in [-0.4, -0.2) is 25.8 Å². The first-order valence-corrected chi connectivity index (χ1v) is 3.36. The molecule has 3 nitrogen and oxygen atoms in total. The molecular weight excluding hydrogens is 116 g/mol. The maximum absolute atomic E-state index is 5.36. The standard InChI is InChI=1S/C6H16N2O/c1-2-9-6(5-8)3-4-7/h6H,2-5,7-8H2,1H3/t6-/m0/s1. The number of rotatable bonds is 5. The van der Waals surface area contributed by atoms with Gasteiger partial charge < -0.3 is 16.2 Å². The largest absolute Gasteiger partial charge is 0.377 e. The van der Waals surface area contributed by atoms with Crippen LogP contribution in [0.25, 0.3) is 0 Å². The average molecular weight is 132 g/mol. The van der Waals surface area contributed by atoms with E-state index in [1.807, 2.05) is 6.92 Å². The molecule has 0 rings (SSSR count). The summed E-state index contributed by atoms with van der Waals surface area (Å²) in [7, 11) is 0. The molecule has 0 saturated heterocycles. The number of nitrogens with two attached hydrogens (primary N) is 2. The second-order valence-corrected chi connectivity index (χ2v) is 1.89. The SMILES string of the molecule is CCO[C@H](CN)CCN. The molecule has 1 atom stereocenters. The Morgan fingerprint density at radius 2 is 2.11 bits per heavy atom. The summed E-state index contributed by atoms with van der Waals surface area (Å²) in [6, 6.07) is 0. The molecule has 0 saturated carbocycles. The van der Waals surface area contributed by atoms with Crippen molar-refractivity contribution < 1.29 is 4.74 Å². The van der Waals surface area contributed by atoms with Crippen LogP contribution < -0.4 is 11.5 Å². The van der Waals surface area contributed by atoms with E-state index < -0.39 is 0 Å². The zero-order valence-electron chi connectivity index (χ0n) is 5.97. The molecule has 0 aromatic rings. The van der Waals surface area contributed by atoms with Gasteiger partial charge in [0.25, 0.3) is 0 Å². The fraction of sp³-hybridized carbons (Fsp3) is 1.00. The smallest absolute Gasteiger partial charge is 0.0709 e. The Labute approximate surface area is 56.4 Å². The third-order valence-electron chi connectivity index (χ3n) is 1.15. The molecule has 0 spiro atoms. The van der Waals surface area contributed by atoms with E-state index in [1.165, 1.54) is 0 Å². The Balaban J connectivity index is 3.18. The van der Waals surface area contributed by atoms with Gasteiger partial charge in [0.15, 0.2) is 0 Å². The van der Waals surface area contributed by atoms with Crippen LogP contribution in [0.15, 0.2) is 0 Å². The van der Waals surface area contributed by atoms with Crippen LogP contribution in [0, 0.1) is 0 Å². The molecule has 9 heavy (non-hydrogen) atoms. The van der Waals surface area contributed by atoms with E-state index in [1.54, 1.807) is 0 Å². The Bertz CT molecular complexity index is 53.0. The molecule has 0 aromatic carbocycles. The molecule has 4 N–H and O–H groups in total. The van der Waals surface area contributed by atoms with Crippen molar-refractivity contribution in [2.45, 2.75) is 19.4 Å². The van der Waals surface area contributed by atoms with Crippen molar-refractivity contribution in [1.29, 1.82) is 0 Å². The third-order valence-corrected chi connectivity index (χ3v) is 1.15. The summed E-state index contributed by atoms with van der Waals surface area (Å²) in [5, 5.41) is 0. The monoisotopic (exact) mass is 132 g/mol. The van der Waals surface area contributed by atoms with E-state index >= 15 is 0 Å². The Kier molecular flexibility index (Phi) is 5.93. The van der Waals surface area contributed by atoms with Gasteiger partial charge in [0, 0.05) is 13.2 Å². The van der Waals surface area contributed by atoms with Gasteiger partial charge in [-0.1, -0.05) is 0 Å². The van der Waals surface area contributed by atoms with Crippen molar-refractivity contribution >= 4 is 0 Å². The summed E-state index contributed by atoms with van der Waals surface area (Å²) >= 11 is 0. The first-order valence-electron chi connectivity index (χ1n) is 3.36. The average Bonchev–Trinajstić information content (AvgIpc) is 1.88.